The zero-order valence-electron chi connectivity index (χ0n) is 10.3. The van der Waals surface area contributed by atoms with Crippen molar-refractivity contribution >= 4 is 5.97 Å². The van der Waals surface area contributed by atoms with Gasteiger partial charge in [-0.3, -0.25) is 4.79 Å². The lowest BCUT2D eigenvalue weighted by Crippen LogP contribution is -2.13. The smallest absolute Gasteiger partial charge is 0.304 e. The zero-order valence-corrected chi connectivity index (χ0v) is 10.3. The molecule has 3 heteroatoms. The van der Waals surface area contributed by atoms with E-state index in [0.717, 1.165) is 16.9 Å². The largest absolute Gasteiger partial charge is 0.485 e. The van der Waals surface area contributed by atoms with Crippen molar-refractivity contribution in [3.8, 4) is 5.75 Å². The Balaban J connectivity index is 2.00. The van der Waals surface area contributed by atoms with Gasteiger partial charge in [-0.2, -0.15) is 0 Å². The molecule has 3 rings (SSSR count). The SMILES string of the molecule is O=C(O)C[C@H]1c2ccccc2O[C@H]1c1ccccc1. The first-order valence-electron chi connectivity index (χ1n) is 6.28. The van der Waals surface area contributed by atoms with Crippen molar-refractivity contribution in [2.45, 2.75) is 18.4 Å². The van der Waals surface area contributed by atoms with Crippen molar-refractivity contribution in [3.63, 3.8) is 0 Å². The van der Waals surface area contributed by atoms with E-state index < -0.39 is 5.97 Å². The highest BCUT2D eigenvalue weighted by atomic mass is 16.5. The predicted molar refractivity (Wildman–Crippen MR) is 71.2 cm³/mol. The highest BCUT2D eigenvalue weighted by Gasteiger charge is 2.36. The van der Waals surface area contributed by atoms with Crippen LogP contribution in [0.2, 0.25) is 0 Å². The molecular formula is C16H14O3. The van der Waals surface area contributed by atoms with E-state index in [2.05, 4.69) is 0 Å². The topological polar surface area (TPSA) is 46.5 Å². The molecule has 2 aromatic rings. The Morgan fingerprint density at radius 2 is 1.74 bits per heavy atom. The van der Waals surface area contributed by atoms with E-state index in [-0.39, 0.29) is 18.4 Å². The van der Waals surface area contributed by atoms with Gasteiger partial charge in [-0.15, -0.1) is 0 Å². The van der Waals surface area contributed by atoms with Gasteiger partial charge in [0.25, 0.3) is 0 Å². The number of aliphatic carboxylic acids is 1. The Labute approximate surface area is 111 Å². The predicted octanol–water partition coefficient (Wildman–Crippen LogP) is 3.38. The summed E-state index contributed by atoms with van der Waals surface area (Å²) in [4.78, 5) is 11.1. The Morgan fingerprint density at radius 3 is 2.47 bits per heavy atom. The fraction of sp³-hybridized carbons (Fsp3) is 0.188. The van der Waals surface area contributed by atoms with Crippen LogP contribution in [0.25, 0.3) is 0 Å². The fourth-order valence-electron chi connectivity index (χ4n) is 2.62. The first-order chi connectivity index (χ1) is 9.25. The third kappa shape index (κ3) is 2.19. The van der Waals surface area contributed by atoms with Gasteiger partial charge in [0, 0.05) is 11.5 Å². The fourth-order valence-corrected chi connectivity index (χ4v) is 2.62. The maximum atomic E-state index is 11.1. The van der Waals surface area contributed by atoms with Crippen LogP contribution in [0.4, 0.5) is 0 Å². The van der Waals surface area contributed by atoms with E-state index in [9.17, 15) is 4.79 Å². The Kier molecular flexibility index (Phi) is 2.95. The molecule has 2 aromatic carbocycles. The molecule has 0 aliphatic carbocycles. The average molecular weight is 254 g/mol. The van der Waals surface area contributed by atoms with Crippen LogP contribution in [0.5, 0.6) is 5.75 Å². The summed E-state index contributed by atoms with van der Waals surface area (Å²) in [5.74, 6) is -0.134. The molecular weight excluding hydrogens is 240 g/mol. The lowest BCUT2D eigenvalue weighted by atomic mass is 9.88. The average Bonchev–Trinajstić information content (AvgIpc) is 2.78. The molecule has 1 N–H and O–H groups in total. The van der Waals surface area contributed by atoms with Crippen molar-refractivity contribution in [3.05, 3.63) is 65.7 Å². The Morgan fingerprint density at radius 1 is 1.05 bits per heavy atom. The summed E-state index contributed by atoms with van der Waals surface area (Å²) < 4.78 is 5.94. The summed E-state index contributed by atoms with van der Waals surface area (Å²) in [5, 5.41) is 9.11. The molecule has 1 heterocycles. The number of fused-ring (bicyclic) bond motifs is 1. The first kappa shape index (κ1) is 11.8. The highest BCUT2D eigenvalue weighted by molar-refractivity contribution is 5.69. The molecule has 0 radical (unpaired) electrons. The number of rotatable bonds is 3. The van der Waals surface area contributed by atoms with Gasteiger partial charge >= 0.3 is 5.97 Å². The molecule has 19 heavy (non-hydrogen) atoms. The number of para-hydroxylation sites is 1. The van der Waals surface area contributed by atoms with Crippen molar-refractivity contribution in [1.29, 1.82) is 0 Å². The van der Waals surface area contributed by atoms with E-state index in [1.165, 1.54) is 0 Å². The van der Waals surface area contributed by atoms with Crippen LogP contribution in [0.1, 0.15) is 29.6 Å². The van der Waals surface area contributed by atoms with Gasteiger partial charge in [0.05, 0.1) is 6.42 Å². The number of carbonyl (C=O) groups is 1. The van der Waals surface area contributed by atoms with E-state index in [4.69, 9.17) is 9.84 Å². The normalized spacial score (nSPS) is 20.6. The van der Waals surface area contributed by atoms with Gasteiger partial charge in [-0.25, -0.2) is 0 Å². The minimum atomic E-state index is -0.800. The summed E-state index contributed by atoms with van der Waals surface area (Å²) in [5.41, 5.74) is 2.00. The van der Waals surface area contributed by atoms with Gasteiger partial charge < -0.3 is 9.84 Å². The molecule has 1 aliphatic rings. The Hall–Kier alpha value is -2.29. The van der Waals surface area contributed by atoms with Crippen LogP contribution in [0.15, 0.2) is 54.6 Å². The molecule has 96 valence electrons. The molecule has 0 unspecified atom stereocenters. The van der Waals surface area contributed by atoms with Crippen molar-refractivity contribution < 1.29 is 14.6 Å². The molecule has 0 saturated heterocycles. The first-order valence-corrected chi connectivity index (χ1v) is 6.28. The molecule has 0 aromatic heterocycles. The minimum Gasteiger partial charge on any atom is -0.485 e. The summed E-state index contributed by atoms with van der Waals surface area (Å²) in [6, 6.07) is 17.5. The van der Waals surface area contributed by atoms with E-state index in [1.54, 1.807) is 0 Å². The number of hydrogen-bond acceptors (Lipinski definition) is 2. The summed E-state index contributed by atoms with van der Waals surface area (Å²) in [7, 11) is 0. The molecule has 3 nitrogen and oxygen atoms in total. The van der Waals surface area contributed by atoms with Crippen LogP contribution < -0.4 is 4.74 Å². The van der Waals surface area contributed by atoms with Crippen LogP contribution in [-0.2, 0) is 4.79 Å². The molecule has 0 saturated carbocycles. The molecule has 0 bridgehead atoms. The minimum absolute atomic E-state index is 0.0799. The van der Waals surface area contributed by atoms with Crippen LogP contribution in [-0.4, -0.2) is 11.1 Å². The van der Waals surface area contributed by atoms with Crippen molar-refractivity contribution in [1.82, 2.24) is 0 Å². The molecule has 1 aliphatic heterocycles. The lowest BCUT2D eigenvalue weighted by molar-refractivity contribution is -0.137. The van der Waals surface area contributed by atoms with Crippen LogP contribution in [0, 0.1) is 0 Å². The van der Waals surface area contributed by atoms with Gasteiger partial charge in [0.2, 0.25) is 0 Å². The number of hydrogen-bond donors (Lipinski definition) is 1. The van der Waals surface area contributed by atoms with E-state index in [0.29, 0.717) is 0 Å². The number of carboxylic acids is 1. The molecule has 2 atom stereocenters. The Bertz CT molecular complexity index is 592. The molecule has 0 fully saturated rings. The number of benzene rings is 2. The summed E-state index contributed by atoms with van der Waals surface area (Å²) in [6.45, 7) is 0. The van der Waals surface area contributed by atoms with Gasteiger partial charge in [0.15, 0.2) is 0 Å². The van der Waals surface area contributed by atoms with E-state index >= 15 is 0 Å². The van der Waals surface area contributed by atoms with Gasteiger partial charge in [-0.1, -0.05) is 48.5 Å². The second kappa shape index (κ2) is 4.76. The highest BCUT2D eigenvalue weighted by Crippen LogP contribution is 2.47. The van der Waals surface area contributed by atoms with Crippen molar-refractivity contribution in [2.75, 3.05) is 0 Å². The van der Waals surface area contributed by atoms with Crippen molar-refractivity contribution in [2.24, 2.45) is 0 Å². The quantitative estimate of drug-likeness (QED) is 0.913. The maximum Gasteiger partial charge on any atom is 0.304 e. The number of carboxylic acid groups (broad SMARTS) is 1. The zero-order chi connectivity index (χ0) is 13.2. The second-order valence-corrected chi connectivity index (χ2v) is 4.69. The van der Waals surface area contributed by atoms with Crippen LogP contribution >= 0.6 is 0 Å². The summed E-state index contributed by atoms with van der Waals surface area (Å²) in [6.07, 6.45) is -0.133. The molecule has 0 spiro atoms. The standard InChI is InChI=1S/C16H14O3/c17-15(18)10-13-12-8-4-5-9-14(12)19-16(13)11-6-2-1-3-7-11/h1-9,13,16H,10H2,(H,17,18)/t13-,16-/m0/s1. The third-order valence-electron chi connectivity index (χ3n) is 3.46. The second-order valence-electron chi connectivity index (χ2n) is 4.69. The van der Waals surface area contributed by atoms with E-state index in [1.807, 2.05) is 54.6 Å². The lowest BCUT2D eigenvalue weighted by Gasteiger charge is -2.18. The monoisotopic (exact) mass is 254 g/mol. The maximum absolute atomic E-state index is 11.1. The van der Waals surface area contributed by atoms with Crippen LogP contribution in [0.3, 0.4) is 0 Å². The summed E-state index contributed by atoms with van der Waals surface area (Å²) >= 11 is 0. The van der Waals surface area contributed by atoms with Gasteiger partial charge in [-0.05, 0) is 11.6 Å². The third-order valence-corrected chi connectivity index (χ3v) is 3.46. The molecule has 0 amide bonds. The van der Waals surface area contributed by atoms with Gasteiger partial charge in [0.1, 0.15) is 11.9 Å². The number of ether oxygens (including phenoxy) is 1.